The van der Waals surface area contributed by atoms with Crippen molar-refractivity contribution >= 4 is 15.8 Å². The minimum absolute atomic E-state index is 0.0437. The zero-order valence-electron chi connectivity index (χ0n) is 12.3. The summed E-state index contributed by atoms with van der Waals surface area (Å²) in [5, 5.41) is 13.4. The number of nitrogens with zero attached hydrogens (tertiary/aromatic N) is 3. The zero-order valence-corrected chi connectivity index (χ0v) is 13.1. The van der Waals surface area contributed by atoms with Gasteiger partial charge in [-0.05, 0) is 12.8 Å². The van der Waals surface area contributed by atoms with Crippen LogP contribution in [0, 0.1) is 0 Å². The van der Waals surface area contributed by atoms with Crippen LogP contribution in [0.2, 0.25) is 0 Å². The largest absolute Gasteiger partial charge is 0.480 e. The van der Waals surface area contributed by atoms with Crippen molar-refractivity contribution in [3.05, 3.63) is 17.5 Å². The molecule has 1 saturated heterocycles. The van der Waals surface area contributed by atoms with Gasteiger partial charge in [0.15, 0.2) is 9.84 Å². The molecule has 1 atom stereocenters. The van der Waals surface area contributed by atoms with Crippen LogP contribution in [0.4, 0.5) is 0 Å². The molecule has 1 aromatic rings. The Morgan fingerprint density at radius 1 is 1.57 bits per heavy atom. The summed E-state index contributed by atoms with van der Waals surface area (Å²) >= 11 is 0. The van der Waals surface area contributed by atoms with E-state index in [-0.39, 0.29) is 24.1 Å². The average Bonchev–Trinajstić information content (AvgIpc) is 2.90. The summed E-state index contributed by atoms with van der Waals surface area (Å²) in [6.45, 7) is 2.26. The molecule has 1 aromatic heterocycles. The van der Waals surface area contributed by atoms with E-state index in [1.807, 2.05) is 20.2 Å². The van der Waals surface area contributed by atoms with Gasteiger partial charge in [-0.15, -0.1) is 0 Å². The first-order valence-corrected chi connectivity index (χ1v) is 8.80. The lowest BCUT2D eigenvalue weighted by Gasteiger charge is -2.26. The predicted molar refractivity (Wildman–Crippen MR) is 77.7 cm³/mol. The molecule has 0 aromatic carbocycles. The van der Waals surface area contributed by atoms with Gasteiger partial charge in [0.1, 0.15) is 0 Å². The fourth-order valence-corrected chi connectivity index (χ4v) is 4.54. The molecule has 0 bridgehead atoms. The van der Waals surface area contributed by atoms with Crippen LogP contribution in [-0.4, -0.2) is 58.3 Å². The Morgan fingerprint density at radius 2 is 2.29 bits per heavy atom. The number of aryl methyl sites for hydroxylation is 2. The number of rotatable bonds is 6. The van der Waals surface area contributed by atoms with Crippen LogP contribution >= 0.6 is 0 Å². The van der Waals surface area contributed by atoms with E-state index >= 15 is 0 Å². The molecule has 8 heteroatoms. The summed E-state index contributed by atoms with van der Waals surface area (Å²) in [6, 6.07) is -0.226. The van der Waals surface area contributed by atoms with Crippen molar-refractivity contribution in [2.45, 2.75) is 32.4 Å². The molecule has 0 saturated carbocycles. The molecular formula is C13H21N3O4S. The van der Waals surface area contributed by atoms with Gasteiger partial charge in [0.2, 0.25) is 0 Å². The number of carbonyl (C=O) groups is 1. The van der Waals surface area contributed by atoms with E-state index in [1.165, 1.54) is 0 Å². The van der Waals surface area contributed by atoms with Gasteiger partial charge in [-0.3, -0.25) is 14.4 Å². The highest BCUT2D eigenvalue weighted by Gasteiger charge is 2.33. The van der Waals surface area contributed by atoms with E-state index in [2.05, 4.69) is 5.10 Å². The van der Waals surface area contributed by atoms with Gasteiger partial charge in [0.25, 0.3) is 0 Å². The number of carboxylic acid groups (broad SMARTS) is 1. The number of hydrogen-bond donors (Lipinski definition) is 1. The number of hydrogen-bond acceptors (Lipinski definition) is 5. The van der Waals surface area contributed by atoms with Gasteiger partial charge in [0.05, 0.1) is 23.7 Å². The van der Waals surface area contributed by atoms with Crippen LogP contribution in [0.5, 0.6) is 0 Å². The fourth-order valence-electron chi connectivity index (χ4n) is 2.78. The summed E-state index contributed by atoms with van der Waals surface area (Å²) in [4.78, 5) is 12.8. The third-order valence-corrected chi connectivity index (χ3v) is 5.51. The second-order valence-electron chi connectivity index (χ2n) is 5.48. The van der Waals surface area contributed by atoms with Crippen molar-refractivity contribution in [3.8, 4) is 0 Å². The van der Waals surface area contributed by atoms with Crippen molar-refractivity contribution in [2.24, 2.45) is 7.05 Å². The van der Waals surface area contributed by atoms with Crippen LogP contribution in [0.3, 0.4) is 0 Å². The fraction of sp³-hybridized carbons (Fsp3) is 0.692. The summed E-state index contributed by atoms with van der Waals surface area (Å²) < 4.78 is 24.9. The molecule has 1 N–H and O–H groups in total. The first kappa shape index (κ1) is 16.0. The third-order valence-electron chi connectivity index (χ3n) is 3.76. The van der Waals surface area contributed by atoms with Gasteiger partial charge in [0, 0.05) is 31.4 Å². The molecule has 1 aliphatic rings. The molecule has 1 unspecified atom stereocenters. The molecule has 0 amide bonds. The van der Waals surface area contributed by atoms with Crippen molar-refractivity contribution in [2.75, 3.05) is 18.1 Å². The lowest BCUT2D eigenvalue weighted by Crippen LogP contribution is -2.39. The summed E-state index contributed by atoms with van der Waals surface area (Å²) in [5.41, 5.74) is 1.89. The molecule has 1 aliphatic heterocycles. The van der Waals surface area contributed by atoms with E-state index < -0.39 is 15.8 Å². The first-order chi connectivity index (χ1) is 9.80. The second kappa shape index (κ2) is 6.15. The van der Waals surface area contributed by atoms with Gasteiger partial charge in [-0.25, -0.2) is 8.42 Å². The molecule has 2 rings (SSSR count). The monoisotopic (exact) mass is 315 g/mol. The Labute approximate surface area is 124 Å². The second-order valence-corrected chi connectivity index (χ2v) is 7.71. The molecule has 118 valence electrons. The van der Waals surface area contributed by atoms with Crippen LogP contribution in [0.1, 0.15) is 24.6 Å². The topological polar surface area (TPSA) is 92.5 Å². The standard InChI is InChI=1S/C13H21N3O4S/c1-3-12-10(6-15(2)14-12)7-16(8-13(17)18)11-4-5-21(19,20)9-11/h6,11H,3-5,7-9H2,1-2H3,(H,17,18). The van der Waals surface area contributed by atoms with E-state index in [0.717, 1.165) is 17.7 Å². The molecule has 1 fully saturated rings. The highest BCUT2D eigenvalue weighted by molar-refractivity contribution is 7.91. The average molecular weight is 315 g/mol. The molecule has 0 aliphatic carbocycles. The van der Waals surface area contributed by atoms with Gasteiger partial charge < -0.3 is 5.11 Å². The van der Waals surface area contributed by atoms with Gasteiger partial charge >= 0.3 is 5.97 Å². The number of aromatic nitrogens is 2. The Bertz CT molecular complexity index is 623. The smallest absolute Gasteiger partial charge is 0.317 e. The van der Waals surface area contributed by atoms with Crippen molar-refractivity contribution in [3.63, 3.8) is 0 Å². The van der Waals surface area contributed by atoms with E-state index in [1.54, 1.807) is 9.58 Å². The summed E-state index contributed by atoms with van der Waals surface area (Å²) in [6.07, 6.45) is 3.13. The van der Waals surface area contributed by atoms with Crippen LogP contribution in [-0.2, 0) is 34.6 Å². The number of aliphatic carboxylic acids is 1. The highest BCUT2D eigenvalue weighted by atomic mass is 32.2. The van der Waals surface area contributed by atoms with Crippen molar-refractivity contribution < 1.29 is 18.3 Å². The summed E-state index contributed by atoms with van der Waals surface area (Å²) in [7, 11) is -1.21. The van der Waals surface area contributed by atoms with Crippen molar-refractivity contribution in [1.29, 1.82) is 0 Å². The predicted octanol–water partition coefficient (Wildman–Crippen LogP) is 0.0562. The van der Waals surface area contributed by atoms with E-state index in [0.29, 0.717) is 13.0 Å². The minimum Gasteiger partial charge on any atom is -0.480 e. The third kappa shape index (κ3) is 4.04. The Morgan fingerprint density at radius 3 is 2.81 bits per heavy atom. The Kier molecular flexibility index (Phi) is 4.67. The van der Waals surface area contributed by atoms with E-state index in [9.17, 15) is 13.2 Å². The maximum absolute atomic E-state index is 11.6. The molecule has 2 heterocycles. The normalized spacial score (nSPS) is 21.0. The molecular weight excluding hydrogens is 294 g/mol. The summed E-state index contributed by atoms with van der Waals surface area (Å²) in [5.74, 6) is -0.759. The number of sulfone groups is 1. The highest BCUT2D eigenvalue weighted by Crippen LogP contribution is 2.21. The SMILES string of the molecule is CCc1nn(C)cc1CN(CC(=O)O)C1CCS(=O)(=O)C1. The number of carboxylic acids is 1. The lowest BCUT2D eigenvalue weighted by molar-refractivity contribution is -0.139. The van der Waals surface area contributed by atoms with Crippen molar-refractivity contribution in [1.82, 2.24) is 14.7 Å². The van der Waals surface area contributed by atoms with E-state index in [4.69, 9.17) is 5.11 Å². The van der Waals surface area contributed by atoms with Gasteiger partial charge in [-0.1, -0.05) is 6.92 Å². The molecule has 7 nitrogen and oxygen atoms in total. The Hall–Kier alpha value is -1.41. The molecule has 0 spiro atoms. The minimum atomic E-state index is -3.03. The zero-order chi connectivity index (χ0) is 15.6. The molecule has 21 heavy (non-hydrogen) atoms. The van der Waals surface area contributed by atoms with Gasteiger partial charge in [-0.2, -0.15) is 5.10 Å². The van der Waals surface area contributed by atoms with Crippen LogP contribution in [0.15, 0.2) is 6.20 Å². The van der Waals surface area contributed by atoms with Crippen LogP contribution < -0.4 is 0 Å². The molecule has 0 radical (unpaired) electrons. The Balaban J connectivity index is 2.18. The van der Waals surface area contributed by atoms with Crippen LogP contribution in [0.25, 0.3) is 0 Å². The lowest BCUT2D eigenvalue weighted by atomic mass is 10.1. The first-order valence-electron chi connectivity index (χ1n) is 6.98. The maximum Gasteiger partial charge on any atom is 0.317 e. The maximum atomic E-state index is 11.6. The quantitative estimate of drug-likeness (QED) is 0.798.